The molecule has 0 saturated heterocycles. The van der Waals surface area contributed by atoms with Crippen LogP contribution in [0, 0.1) is 0 Å². The maximum absolute atomic E-state index is 11.7. The van der Waals surface area contributed by atoms with Gasteiger partial charge >= 0.3 is 6.09 Å². The molecule has 6 nitrogen and oxygen atoms in total. The van der Waals surface area contributed by atoms with Crippen molar-refractivity contribution in [1.82, 2.24) is 5.32 Å². The zero-order valence-corrected chi connectivity index (χ0v) is 18.3. The molecule has 1 amide bonds. The van der Waals surface area contributed by atoms with Crippen LogP contribution in [-0.2, 0) is 21.2 Å². The first-order valence-corrected chi connectivity index (χ1v) is 12.8. The van der Waals surface area contributed by atoms with Crippen molar-refractivity contribution < 1.29 is 14.2 Å². The summed E-state index contributed by atoms with van der Waals surface area (Å²) in [4.78, 5) is 16.4. The predicted octanol–water partition coefficient (Wildman–Crippen LogP) is 4.89. The number of nitrogens with one attached hydrogen (secondary N) is 1. The van der Waals surface area contributed by atoms with Gasteiger partial charge in [-0.15, -0.1) is 11.8 Å². The van der Waals surface area contributed by atoms with Crippen molar-refractivity contribution in [2.24, 2.45) is 5.16 Å². The molecule has 10 heteroatoms. The quantitative estimate of drug-likeness (QED) is 0.122. The highest BCUT2D eigenvalue weighted by Gasteiger charge is 2.24. The zero-order chi connectivity index (χ0) is 18.9. The number of thioether (sulfide) groups is 1. The number of hydrogen-bond donors (Lipinski definition) is 1. The number of benzene rings is 1. The van der Waals surface area contributed by atoms with Crippen molar-refractivity contribution in [2.75, 3.05) is 22.9 Å². The Bertz CT molecular complexity index is 629. The van der Waals surface area contributed by atoms with Crippen LogP contribution in [0.3, 0.4) is 0 Å². The monoisotopic (exact) mass is 421 g/mol. The van der Waals surface area contributed by atoms with E-state index in [0.29, 0.717) is 5.04 Å². The second-order valence-corrected chi connectivity index (χ2v) is 11.6. The SMILES string of the molecule is CSC(C)=NOC(=O)NCSN(c1ccccc1)P(C)(=S)OC(C)C. The van der Waals surface area contributed by atoms with Crippen molar-refractivity contribution in [3.05, 3.63) is 30.3 Å². The summed E-state index contributed by atoms with van der Waals surface area (Å²) in [5.41, 5.74) is 0.936. The van der Waals surface area contributed by atoms with E-state index >= 15 is 0 Å². The highest BCUT2D eigenvalue weighted by molar-refractivity contribution is 8.21. The molecule has 0 radical (unpaired) electrons. The topological polar surface area (TPSA) is 63.2 Å². The van der Waals surface area contributed by atoms with Crippen molar-refractivity contribution in [2.45, 2.75) is 26.9 Å². The third kappa shape index (κ3) is 8.46. The molecule has 140 valence electrons. The van der Waals surface area contributed by atoms with E-state index in [9.17, 15) is 4.79 Å². The van der Waals surface area contributed by atoms with Crippen LogP contribution in [0.4, 0.5) is 10.5 Å². The van der Waals surface area contributed by atoms with E-state index in [0.717, 1.165) is 5.69 Å². The number of carbonyl (C=O) groups excluding carboxylic acids is 1. The van der Waals surface area contributed by atoms with Gasteiger partial charge in [0, 0.05) is 6.66 Å². The number of anilines is 1. The number of carbonyl (C=O) groups is 1. The second-order valence-electron chi connectivity index (χ2n) is 5.21. The fourth-order valence-corrected chi connectivity index (χ4v) is 6.17. The lowest BCUT2D eigenvalue weighted by atomic mass is 10.3. The molecule has 0 bridgehead atoms. The van der Waals surface area contributed by atoms with Crippen molar-refractivity contribution in [3.8, 4) is 0 Å². The van der Waals surface area contributed by atoms with Crippen LogP contribution in [0.15, 0.2) is 35.5 Å². The van der Waals surface area contributed by atoms with Crippen molar-refractivity contribution >= 4 is 58.8 Å². The summed E-state index contributed by atoms with van der Waals surface area (Å²) in [6.07, 6.45) is -1.00. The summed E-state index contributed by atoms with van der Waals surface area (Å²) in [7, 11) is 0. The Labute approximate surface area is 163 Å². The van der Waals surface area contributed by atoms with E-state index in [1.165, 1.54) is 23.7 Å². The van der Waals surface area contributed by atoms with E-state index in [2.05, 4.69) is 10.5 Å². The lowest BCUT2D eigenvalue weighted by molar-refractivity contribution is 0.153. The first-order chi connectivity index (χ1) is 11.8. The number of hydrogen-bond acceptors (Lipinski definition) is 7. The Morgan fingerprint density at radius 3 is 2.60 bits per heavy atom. The van der Waals surface area contributed by atoms with Crippen LogP contribution >= 0.6 is 30.1 Å². The summed E-state index contributed by atoms with van der Waals surface area (Å²) in [5, 5.41) is 7.01. The average molecular weight is 422 g/mol. The van der Waals surface area contributed by atoms with Gasteiger partial charge in [-0.25, -0.2) is 4.79 Å². The van der Waals surface area contributed by atoms with Gasteiger partial charge < -0.3 is 9.84 Å². The van der Waals surface area contributed by atoms with Gasteiger partial charge in [0.2, 0.25) is 0 Å². The van der Waals surface area contributed by atoms with E-state index in [1.807, 2.05) is 61.2 Å². The Morgan fingerprint density at radius 1 is 1.40 bits per heavy atom. The van der Waals surface area contributed by atoms with Crippen molar-refractivity contribution in [3.63, 3.8) is 0 Å². The highest BCUT2D eigenvalue weighted by Crippen LogP contribution is 2.54. The number of para-hydroxylation sites is 1. The Balaban J connectivity index is 2.72. The molecule has 0 aliphatic heterocycles. The third-order valence-electron chi connectivity index (χ3n) is 2.67. The molecule has 25 heavy (non-hydrogen) atoms. The second kappa shape index (κ2) is 11.1. The van der Waals surface area contributed by atoms with Gasteiger partial charge in [0.15, 0.2) is 6.42 Å². The Kier molecular flexibility index (Phi) is 9.89. The predicted molar refractivity (Wildman–Crippen MR) is 114 cm³/mol. The molecule has 1 atom stereocenters. The van der Waals surface area contributed by atoms with Crippen LogP contribution in [0.2, 0.25) is 0 Å². The van der Waals surface area contributed by atoms with Gasteiger partial charge in [-0.1, -0.05) is 23.4 Å². The smallest absolute Gasteiger partial charge is 0.331 e. The largest absolute Gasteiger partial charge is 0.434 e. The Morgan fingerprint density at radius 2 is 2.04 bits per heavy atom. The lowest BCUT2D eigenvalue weighted by Crippen LogP contribution is -2.25. The van der Waals surface area contributed by atoms with Crippen LogP contribution in [-0.4, -0.2) is 36.0 Å². The minimum absolute atomic E-state index is 0.0180. The molecule has 0 heterocycles. The maximum atomic E-state index is 11.7. The Hall–Kier alpha value is -0.730. The summed E-state index contributed by atoms with van der Waals surface area (Å²) in [6.45, 7) is 7.60. The molecule has 0 saturated carbocycles. The zero-order valence-electron chi connectivity index (χ0n) is 15.0. The van der Waals surface area contributed by atoms with Crippen LogP contribution < -0.4 is 9.39 Å². The first kappa shape index (κ1) is 22.3. The molecule has 0 aliphatic rings. The van der Waals surface area contributed by atoms with E-state index in [1.54, 1.807) is 6.92 Å². The average Bonchev–Trinajstić information content (AvgIpc) is 2.55. The molecular weight excluding hydrogens is 397 g/mol. The third-order valence-corrected chi connectivity index (χ3v) is 8.11. The van der Waals surface area contributed by atoms with Crippen LogP contribution in [0.25, 0.3) is 0 Å². The minimum Gasteiger partial charge on any atom is -0.331 e. The molecule has 0 aliphatic carbocycles. The highest BCUT2D eigenvalue weighted by atomic mass is 32.5. The van der Waals surface area contributed by atoms with Gasteiger partial charge in [0.05, 0.1) is 17.7 Å². The molecule has 1 aromatic carbocycles. The van der Waals surface area contributed by atoms with Gasteiger partial charge in [-0.05, 0) is 62.9 Å². The molecule has 0 fully saturated rings. The number of oxime groups is 1. The first-order valence-electron chi connectivity index (χ1n) is 7.54. The summed E-state index contributed by atoms with van der Waals surface area (Å²) in [5.74, 6) is 0.287. The molecular formula is C15H24N3O3PS3. The molecule has 1 rings (SSSR count). The summed E-state index contributed by atoms with van der Waals surface area (Å²) < 4.78 is 7.93. The molecule has 1 N–H and O–H groups in total. The minimum atomic E-state index is -2.27. The summed E-state index contributed by atoms with van der Waals surface area (Å²) in [6, 6.07) is 9.75. The molecule has 0 aromatic heterocycles. The maximum Gasteiger partial charge on any atom is 0.434 e. The van der Waals surface area contributed by atoms with Crippen LogP contribution in [0.5, 0.6) is 0 Å². The van der Waals surface area contributed by atoms with Gasteiger partial charge in [-0.3, -0.25) is 8.91 Å². The number of rotatable bonds is 8. The number of amides is 1. The van der Waals surface area contributed by atoms with Crippen LogP contribution in [0.1, 0.15) is 20.8 Å². The summed E-state index contributed by atoms with van der Waals surface area (Å²) >= 11 is 8.52. The van der Waals surface area contributed by atoms with Gasteiger partial charge in [-0.2, -0.15) is 0 Å². The molecule has 1 aromatic rings. The standard InChI is InChI=1S/C15H24N3O3PS3/c1-12(2)21-22(4,23)18(14-9-7-6-8-10-14)25-11-16-15(19)20-17-13(3)24-5/h6-10,12H,11H2,1-5H3,(H,16,19). The lowest BCUT2D eigenvalue weighted by Gasteiger charge is -2.33. The van der Waals surface area contributed by atoms with Gasteiger partial charge in [0.25, 0.3) is 0 Å². The van der Waals surface area contributed by atoms with Crippen molar-refractivity contribution in [1.29, 1.82) is 0 Å². The fourth-order valence-electron chi connectivity index (χ4n) is 1.71. The van der Waals surface area contributed by atoms with E-state index in [4.69, 9.17) is 21.2 Å². The molecule has 1 unspecified atom stereocenters. The van der Waals surface area contributed by atoms with E-state index < -0.39 is 12.5 Å². The van der Waals surface area contributed by atoms with Gasteiger partial charge in [0.1, 0.15) is 5.04 Å². The number of nitrogens with zero attached hydrogens (tertiary/aromatic N) is 2. The normalized spacial score (nSPS) is 14.1. The molecule has 0 spiro atoms. The van der Waals surface area contributed by atoms with E-state index in [-0.39, 0.29) is 12.0 Å². The fraction of sp³-hybridized carbons (Fsp3) is 0.467.